The molecule has 0 saturated carbocycles. The molecule has 0 bridgehead atoms. The van der Waals surface area contributed by atoms with E-state index in [-0.39, 0.29) is 0 Å². The lowest BCUT2D eigenvalue weighted by Crippen LogP contribution is -1.35. The Labute approximate surface area is 31.2 Å². The van der Waals surface area contributed by atoms with E-state index in [2.05, 4.69) is 5.73 Å². The summed E-state index contributed by atoms with van der Waals surface area (Å²) in [6.07, 6.45) is 2.50. The lowest BCUT2D eigenvalue weighted by atomic mass is 10.7. The van der Waals surface area contributed by atoms with E-state index in [1.54, 1.807) is 13.0 Å². The van der Waals surface area contributed by atoms with Crippen molar-refractivity contribution in [3.8, 4) is 0 Å². The number of aliphatic hydroxyl groups is 1. The van der Waals surface area contributed by atoms with Gasteiger partial charge in [-0.25, -0.2) is 0 Å². The van der Waals surface area contributed by atoms with Gasteiger partial charge in [-0.2, -0.15) is 0 Å². The molecule has 0 fully saturated rings. The molecule has 28 valence electrons. The highest BCUT2D eigenvalue weighted by molar-refractivity contribution is 4.71. The van der Waals surface area contributed by atoms with Crippen LogP contribution in [0.1, 0.15) is 6.92 Å². The quantitative estimate of drug-likeness (QED) is 0.335. The topological polar surface area (TPSA) is 20.2 Å². The Morgan fingerprint density at radius 2 is 2.40 bits per heavy atom. The average molecular weight is 70.1 g/mol. The van der Waals surface area contributed by atoms with Crippen molar-refractivity contribution in [3.63, 3.8) is 0 Å². The van der Waals surface area contributed by atoms with E-state index >= 15 is 0 Å². The van der Waals surface area contributed by atoms with Crippen molar-refractivity contribution in [3.05, 3.63) is 18.1 Å². The molecule has 0 aromatic heterocycles. The molecule has 0 radical (unpaired) electrons. The van der Waals surface area contributed by atoms with Crippen LogP contribution in [0.2, 0.25) is 0 Å². The highest BCUT2D eigenvalue weighted by Gasteiger charge is 1.36. The Bertz CT molecular complexity index is 52.0. The molecule has 0 aliphatic carbocycles. The molecule has 0 saturated heterocycles. The third-order valence-corrected chi connectivity index (χ3v) is 0.241. The maximum Gasteiger partial charge on any atom is 0.121 e. The van der Waals surface area contributed by atoms with Crippen LogP contribution in [0.4, 0.5) is 0 Å². The summed E-state index contributed by atoms with van der Waals surface area (Å²) in [7, 11) is 0. The van der Waals surface area contributed by atoms with E-state index in [0.29, 0.717) is 0 Å². The van der Waals surface area contributed by atoms with Crippen molar-refractivity contribution >= 4 is 0 Å². The van der Waals surface area contributed by atoms with Gasteiger partial charge in [0.2, 0.25) is 0 Å². The molecule has 0 amide bonds. The van der Waals surface area contributed by atoms with Crippen LogP contribution in [0, 0.1) is 0 Å². The number of rotatable bonds is 0. The van der Waals surface area contributed by atoms with Crippen molar-refractivity contribution < 1.29 is 5.11 Å². The highest BCUT2D eigenvalue weighted by Crippen LogP contribution is 1.53. The standard InChI is InChI=1S/C4H6O/c1-2-3-4-5/h2,4-5H,1H3. The maximum atomic E-state index is 7.80. The fraction of sp³-hybridized carbons (Fsp3) is 0.250. The molecule has 0 aromatic rings. The van der Waals surface area contributed by atoms with Gasteiger partial charge in [-0.15, -0.1) is 0 Å². The number of hydrogen-bond donors (Lipinski definition) is 1. The summed E-state index contributed by atoms with van der Waals surface area (Å²) in [5, 5.41) is 7.80. The van der Waals surface area contributed by atoms with Crippen molar-refractivity contribution in [1.82, 2.24) is 0 Å². The first-order valence-corrected chi connectivity index (χ1v) is 1.41. The van der Waals surface area contributed by atoms with Gasteiger partial charge in [-0.3, -0.25) is 0 Å². The van der Waals surface area contributed by atoms with Crippen LogP contribution in [0.15, 0.2) is 18.1 Å². The minimum absolute atomic E-state index is 0.875. The van der Waals surface area contributed by atoms with E-state index in [1.165, 1.54) is 0 Å². The van der Waals surface area contributed by atoms with Crippen LogP contribution in [-0.4, -0.2) is 5.11 Å². The fourth-order valence-electron chi connectivity index (χ4n) is 0.0745. The molecule has 1 N–H and O–H groups in total. The zero-order valence-corrected chi connectivity index (χ0v) is 3.10. The first-order chi connectivity index (χ1) is 2.41. The number of allylic oxidation sites excluding steroid dienone is 1. The predicted octanol–water partition coefficient (Wildman–Crippen LogP) is 1.23. The smallest absolute Gasteiger partial charge is 0.121 e. The van der Waals surface area contributed by atoms with E-state index in [1.807, 2.05) is 0 Å². The maximum absolute atomic E-state index is 7.80. The van der Waals surface area contributed by atoms with Crippen LogP contribution in [0.25, 0.3) is 0 Å². The molecule has 5 heavy (non-hydrogen) atoms. The second-order valence-corrected chi connectivity index (χ2v) is 0.584. The monoisotopic (exact) mass is 70.0 g/mol. The number of aliphatic hydroxyl groups excluding tert-OH is 1. The molecule has 0 rings (SSSR count). The predicted molar refractivity (Wildman–Crippen MR) is 21.0 cm³/mol. The summed E-state index contributed by atoms with van der Waals surface area (Å²) in [4.78, 5) is 0. The lowest BCUT2D eigenvalue weighted by molar-refractivity contribution is 0.475. The second-order valence-electron chi connectivity index (χ2n) is 0.584. The summed E-state index contributed by atoms with van der Waals surface area (Å²) in [5.74, 6) is 0. The van der Waals surface area contributed by atoms with Gasteiger partial charge in [0.15, 0.2) is 0 Å². The molecule has 0 unspecified atom stereocenters. The second kappa shape index (κ2) is 3.32. The molecule has 0 aliphatic rings. The summed E-state index contributed by atoms with van der Waals surface area (Å²) in [6.45, 7) is 1.78. The van der Waals surface area contributed by atoms with Crippen molar-refractivity contribution in [1.29, 1.82) is 0 Å². The van der Waals surface area contributed by atoms with E-state index < -0.39 is 0 Å². The van der Waals surface area contributed by atoms with Crippen LogP contribution < -0.4 is 0 Å². The summed E-state index contributed by atoms with van der Waals surface area (Å²) >= 11 is 0. The van der Waals surface area contributed by atoms with Gasteiger partial charge in [-0.1, -0.05) is 5.73 Å². The van der Waals surface area contributed by atoms with E-state index in [0.717, 1.165) is 6.26 Å². The van der Waals surface area contributed by atoms with Crippen LogP contribution in [0.3, 0.4) is 0 Å². The highest BCUT2D eigenvalue weighted by atomic mass is 16.2. The first kappa shape index (κ1) is 4.32. The zero-order valence-electron chi connectivity index (χ0n) is 3.10. The molecule has 0 aliphatic heterocycles. The molecule has 1 heteroatoms. The van der Waals surface area contributed by atoms with E-state index in [4.69, 9.17) is 5.11 Å². The van der Waals surface area contributed by atoms with Gasteiger partial charge < -0.3 is 5.11 Å². The van der Waals surface area contributed by atoms with Crippen molar-refractivity contribution in [2.45, 2.75) is 6.92 Å². The average Bonchev–Trinajstić information content (AvgIpc) is 1.41. The Hall–Kier alpha value is -0.680. The summed E-state index contributed by atoms with van der Waals surface area (Å²) in [5.41, 5.74) is 2.42. The van der Waals surface area contributed by atoms with Crippen LogP contribution in [-0.2, 0) is 0 Å². The summed E-state index contributed by atoms with van der Waals surface area (Å²) in [6, 6.07) is 0. The van der Waals surface area contributed by atoms with Crippen molar-refractivity contribution in [2.75, 3.05) is 0 Å². The van der Waals surface area contributed by atoms with E-state index in [9.17, 15) is 0 Å². The summed E-state index contributed by atoms with van der Waals surface area (Å²) < 4.78 is 0. The van der Waals surface area contributed by atoms with Gasteiger partial charge >= 0.3 is 0 Å². The van der Waals surface area contributed by atoms with Crippen molar-refractivity contribution in [2.24, 2.45) is 0 Å². The Morgan fingerprint density at radius 3 is 2.40 bits per heavy atom. The number of hydrogen-bond acceptors (Lipinski definition) is 1. The Balaban J connectivity index is 3.26. The van der Waals surface area contributed by atoms with Crippen LogP contribution in [0.5, 0.6) is 0 Å². The van der Waals surface area contributed by atoms with Gasteiger partial charge in [0.1, 0.15) is 6.26 Å². The minimum atomic E-state index is 0.875. The van der Waals surface area contributed by atoms with Gasteiger partial charge in [0, 0.05) is 0 Å². The fourth-order valence-corrected chi connectivity index (χ4v) is 0.0745. The molecule has 0 aromatic carbocycles. The van der Waals surface area contributed by atoms with Gasteiger partial charge in [0.05, 0.1) is 0 Å². The third-order valence-electron chi connectivity index (χ3n) is 0.241. The molecule has 0 spiro atoms. The molecule has 1 nitrogen and oxygen atoms in total. The minimum Gasteiger partial charge on any atom is -0.507 e. The molecule has 0 heterocycles. The van der Waals surface area contributed by atoms with Gasteiger partial charge in [-0.05, 0) is 13.0 Å². The van der Waals surface area contributed by atoms with Crippen LogP contribution >= 0.6 is 0 Å². The molecular formula is C4H6O. The largest absolute Gasteiger partial charge is 0.507 e. The van der Waals surface area contributed by atoms with Gasteiger partial charge in [0.25, 0.3) is 0 Å². The third kappa shape index (κ3) is 3.32. The first-order valence-electron chi connectivity index (χ1n) is 1.41. The molecular weight excluding hydrogens is 64.0 g/mol. The Kier molecular flexibility index (Phi) is 2.87. The Morgan fingerprint density at radius 1 is 1.80 bits per heavy atom. The zero-order chi connectivity index (χ0) is 4.12. The SMILES string of the molecule is CC=C=CO. The molecule has 0 atom stereocenters. The lowest BCUT2D eigenvalue weighted by Gasteiger charge is -1.51. The normalized spacial score (nSPS) is 5.00.